The molecule has 0 spiro atoms. The zero-order valence-electron chi connectivity index (χ0n) is 11.5. The lowest BCUT2D eigenvalue weighted by atomic mass is 10.2. The highest BCUT2D eigenvalue weighted by Crippen LogP contribution is 2.22. The smallest absolute Gasteiger partial charge is 0.233 e. The minimum atomic E-state index is -0.157. The number of rotatable bonds is 6. The van der Waals surface area contributed by atoms with Crippen LogP contribution in [0.2, 0.25) is 5.02 Å². The third-order valence-corrected chi connectivity index (χ3v) is 2.96. The van der Waals surface area contributed by atoms with E-state index in [9.17, 15) is 9.59 Å². The third kappa shape index (κ3) is 6.23. The van der Waals surface area contributed by atoms with E-state index in [1.807, 2.05) is 6.92 Å². The fourth-order valence-electron chi connectivity index (χ4n) is 1.49. The second-order valence-corrected chi connectivity index (χ2v) is 4.50. The average Bonchev–Trinajstić information content (AvgIpc) is 2.35. The van der Waals surface area contributed by atoms with Gasteiger partial charge in [0.1, 0.15) is 0 Å². The van der Waals surface area contributed by atoms with Crippen LogP contribution in [-0.4, -0.2) is 32.0 Å². The molecule has 0 bridgehead atoms. The zero-order chi connectivity index (χ0) is 14.3. The van der Waals surface area contributed by atoms with Gasteiger partial charge in [-0.15, -0.1) is 12.4 Å². The highest BCUT2D eigenvalue weighted by molar-refractivity contribution is 6.31. The molecule has 0 atom stereocenters. The summed E-state index contributed by atoms with van der Waals surface area (Å²) in [5.74, 6) is -0.288. The van der Waals surface area contributed by atoms with Crippen molar-refractivity contribution in [1.82, 2.24) is 10.6 Å². The Hall–Kier alpha value is -1.30. The molecule has 0 heterocycles. The van der Waals surface area contributed by atoms with E-state index in [4.69, 9.17) is 11.6 Å². The van der Waals surface area contributed by atoms with Crippen LogP contribution in [0.15, 0.2) is 18.2 Å². The molecule has 0 unspecified atom stereocenters. The Morgan fingerprint density at radius 2 is 1.95 bits per heavy atom. The minimum absolute atomic E-state index is 0. The molecule has 2 amide bonds. The second-order valence-electron chi connectivity index (χ2n) is 4.09. The van der Waals surface area contributed by atoms with Crippen LogP contribution >= 0.6 is 24.0 Å². The molecule has 3 N–H and O–H groups in total. The quantitative estimate of drug-likeness (QED) is 0.748. The Morgan fingerprint density at radius 1 is 1.25 bits per heavy atom. The van der Waals surface area contributed by atoms with Gasteiger partial charge in [-0.05, 0) is 31.7 Å². The predicted octanol–water partition coefficient (Wildman–Crippen LogP) is 1.73. The first-order valence-corrected chi connectivity index (χ1v) is 6.38. The molecule has 0 aromatic heterocycles. The van der Waals surface area contributed by atoms with Gasteiger partial charge in [-0.3, -0.25) is 9.59 Å². The van der Waals surface area contributed by atoms with Crippen molar-refractivity contribution in [1.29, 1.82) is 0 Å². The van der Waals surface area contributed by atoms with Gasteiger partial charge < -0.3 is 16.0 Å². The van der Waals surface area contributed by atoms with Crippen molar-refractivity contribution in [2.75, 3.05) is 25.5 Å². The van der Waals surface area contributed by atoms with Crippen molar-refractivity contribution in [3.63, 3.8) is 0 Å². The average molecular weight is 320 g/mol. The van der Waals surface area contributed by atoms with E-state index in [-0.39, 0.29) is 37.2 Å². The summed E-state index contributed by atoms with van der Waals surface area (Å²) in [6.07, 6.45) is 0.224. The van der Waals surface area contributed by atoms with E-state index >= 15 is 0 Å². The highest BCUT2D eigenvalue weighted by Gasteiger charge is 2.07. The summed E-state index contributed by atoms with van der Waals surface area (Å²) in [5.41, 5.74) is 1.52. The van der Waals surface area contributed by atoms with E-state index in [0.29, 0.717) is 17.3 Å². The minimum Gasteiger partial charge on any atom is -0.354 e. The van der Waals surface area contributed by atoms with Gasteiger partial charge in [-0.25, -0.2) is 0 Å². The molecule has 5 nitrogen and oxygen atoms in total. The van der Waals surface area contributed by atoms with Crippen molar-refractivity contribution in [3.8, 4) is 0 Å². The van der Waals surface area contributed by atoms with Crippen molar-refractivity contribution in [3.05, 3.63) is 28.8 Å². The number of likely N-dealkylation sites (N-methyl/N-ethyl adjacent to an activating group) is 1. The molecule has 7 heteroatoms. The number of amides is 2. The Labute approximate surface area is 129 Å². The lowest BCUT2D eigenvalue weighted by molar-refractivity contribution is -0.120. The summed E-state index contributed by atoms with van der Waals surface area (Å²) in [4.78, 5) is 22.9. The highest BCUT2D eigenvalue weighted by atomic mass is 35.5. The predicted molar refractivity (Wildman–Crippen MR) is 83.6 cm³/mol. The van der Waals surface area contributed by atoms with Crippen LogP contribution in [0, 0.1) is 6.92 Å². The lowest BCUT2D eigenvalue weighted by Gasteiger charge is -2.09. The Kier molecular flexibility index (Phi) is 8.96. The van der Waals surface area contributed by atoms with E-state index in [0.717, 1.165) is 5.56 Å². The molecular formula is C13H19Cl2N3O2. The first kappa shape index (κ1) is 18.7. The molecule has 0 fully saturated rings. The molecule has 0 aliphatic heterocycles. The van der Waals surface area contributed by atoms with Gasteiger partial charge in [0.05, 0.1) is 6.54 Å². The number of nitrogens with one attached hydrogen (secondary N) is 3. The Morgan fingerprint density at radius 3 is 2.60 bits per heavy atom. The van der Waals surface area contributed by atoms with E-state index in [2.05, 4.69) is 16.0 Å². The van der Waals surface area contributed by atoms with Crippen molar-refractivity contribution >= 4 is 41.5 Å². The summed E-state index contributed by atoms with van der Waals surface area (Å²) < 4.78 is 0. The number of carbonyl (C=O) groups excluding carboxylic acids is 2. The number of hydrogen-bond donors (Lipinski definition) is 3. The summed E-state index contributed by atoms with van der Waals surface area (Å²) in [7, 11) is 1.69. The number of anilines is 1. The standard InChI is InChI=1S/C13H18ClN3O2.ClH/c1-9-10(14)4-3-5-11(9)17-12(18)6-7-16-13(19)8-15-2;/h3-5,15H,6-8H2,1-2H3,(H,16,19)(H,17,18);1H. The molecule has 0 saturated heterocycles. The normalized spacial score (nSPS) is 9.55. The number of hydrogen-bond acceptors (Lipinski definition) is 3. The fourth-order valence-corrected chi connectivity index (χ4v) is 1.67. The molecule has 0 aliphatic carbocycles. The van der Waals surface area contributed by atoms with Crippen molar-refractivity contribution < 1.29 is 9.59 Å². The van der Waals surface area contributed by atoms with Crippen LogP contribution in [0.1, 0.15) is 12.0 Å². The summed E-state index contributed by atoms with van der Waals surface area (Å²) in [6, 6.07) is 5.34. The summed E-state index contributed by atoms with van der Waals surface area (Å²) in [5, 5.41) is 8.75. The molecule has 20 heavy (non-hydrogen) atoms. The SMILES string of the molecule is CNCC(=O)NCCC(=O)Nc1cccc(Cl)c1C.Cl. The largest absolute Gasteiger partial charge is 0.354 e. The van der Waals surface area contributed by atoms with Gasteiger partial charge in [0, 0.05) is 23.7 Å². The maximum absolute atomic E-state index is 11.7. The second kappa shape index (κ2) is 9.58. The Balaban J connectivity index is 0.00000361. The molecule has 1 aromatic rings. The van der Waals surface area contributed by atoms with Gasteiger partial charge in [0.25, 0.3) is 0 Å². The number of carbonyl (C=O) groups is 2. The van der Waals surface area contributed by atoms with E-state index in [1.54, 1.807) is 25.2 Å². The van der Waals surface area contributed by atoms with Gasteiger partial charge in [-0.2, -0.15) is 0 Å². The fraction of sp³-hybridized carbons (Fsp3) is 0.385. The van der Waals surface area contributed by atoms with E-state index < -0.39 is 0 Å². The molecule has 0 aliphatic rings. The number of benzene rings is 1. The Bertz CT molecular complexity index is 467. The van der Waals surface area contributed by atoms with Crippen LogP contribution in [-0.2, 0) is 9.59 Å². The van der Waals surface area contributed by atoms with Crippen molar-refractivity contribution in [2.24, 2.45) is 0 Å². The maximum atomic E-state index is 11.7. The van der Waals surface area contributed by atoms with E-state index in [1.165, 1.54) is 0 Å². The van der Waals surface area contributed by atoms with Crippen LogP contribution in [0.25, 0.3) is 0 Å². The van der Waals surface area contributed by atoms with Crippen LogP contribution < -0.4 is 16.0 Å². The molecular weight excluding hydrogens is 301 g/mol. The first-order chi connectivity index (χ1) is 9.04. The van der Waals surface area contributed by atoms with Crippen LogP contribution in [0.3, 0.4) is 0 Å². The lowest BCUT2D eigenvalue weighted by Crippen LogP contribution is -2.34. The van der Waals surface area contributed by atoms with Gasteiger partial charge in [0.2, 0.25) is 11.8 Å². The maximum Gasteiger partial charge on any atom is 0.233 e. The summed E-state index contributed by atoms with van der Waals surface area (Å²) in [6.45, 7) is 2.40. The van der Waals surface area contributed by atoms with Crippen LogP contribution in [0.4, 0.5) is 5.69 Å². The van der Waals surface area contributed by atoms with Gasteiger partial charge >= 0.3 is 0 Å². The molecule has 0 radical (unpaired) electrons. The molecule has 112 valence electrons. The number of halogens is 2. The zero-order valence-corrected chi connectivity index (χ0v) is 13.0. The third-order valence-electron chi connectivity index (χ3n) is 2.55. The van der Waals surface area contributed by atoms with Gasteiger partial charge in [0.15, 0.2) is 0 Å². The molecule has 1 aromatic carbocycles. The van der Waals surface area contributed by atoms with Crippen molar-refractivity contribution in [2.45, 2.75) is 13.3 Å². The molecule has 1 rings (SSSR count). The van der Waals surface area contributed by atoms with Crippen LogP contribution in [0.5, 0.6) is 0 Å². The topological polar surface area (TPSA) is 70.2 Å². The van der Waals surface area contributed by atoms with Gasteiger partial charge in [-0.1, -0.05) is 17.7 Å². The monoisotopic (exact) mass is 319 g/mol. The molecule has 0 saturated carbocycles. The summed E-state index contributed by atoms with van der Waals surface area (Å²) >= 11 is 5.96. The first-order valence-electron chi connectivity index (χ1n) is 6.01.